The van der Waals surface area contributed by atoms with Crippen LogP contribution in [0, 0.1) is 6.92 Å². The summed E-state index contributed by atoms with van der Waals surface area (Å²) in [4.78, 5) is 12.0. The molecule has 0 atom stereocenters. The van der Waals surface area contributed by atoms with Crippen molar-refractivity contribution in [2.75, 3.05) is 12.4 Å². The van der Waals surface area contributed by atoms with Crippen molar-refractivity contribution in [3.8, 4) is 11.5 Å². The maximum absolute atomic E-state index is 12.0. The van der Waals surface area contributed by atoms with Crippen LogP contribution in [0.5, 0.6) is 11.5 Å². The van der Waals surface area contributed by atoms with E-state index in [2.05, 4.69) is 5.32 Å². The molecule has 0 unspecified atom stereocenters. The number of hydrogen-bond donors (Lipinski definition) is 2. The van der Waals surface area contributed by atoms with Crippen molar-refractivity contribution < 1.29 is 14.6 Å². The highest BCUT2D eigenvalue weighted by Gasteiger charge is 2.09. The number of amides is 1. The minimum atomic E-state index is -0.274. The van der Waals surface area contributed by atoms with Crippen LogP contribution in [0.15, 0.2) is 42.5 Å². The number of phenols is 1. The van der Waals surface area contributed by atoms with Gasteiger partial charge in [0.05, 0.1) is 7.11 Å². The molecule has 4 heteroatoms. The predicted octanol–water partition coefficient (Wildman–Crippen LogP) is 2.96. The molecule has 2 N–H and O–H groups in total. The van der Waals surface area contributed by atoms with E-state index in [1.54, 1.807) is 12.1 Å². The number of benzene rings is 2. The zero-order chi connectivity index (χ0) is 13.8. The minimum absolute atomic E-state index is 0.0561. The van der Waals surface area contributed by atoms with Crippen LogP contribution in [0.3, 0.4) is 0 Å². The number of carbonyl (C=O) groups is 1. The van der Waals surface area contributed by atoms with Crippen molar-refractivity contribution >= 4 is 11.6 Å². The van der Waals surface area contributed by atoms with Gasteiger partial charge in [0.2, 0.25) is 0 Å². The number of nitrogens with one attached hydrogen (secondary N) is 1. The maximum Gasteiger partial charge on any atom is 0.255 e. The zero-order valence-corrected chi connectivity index (χ0v) is 10.8. The molecular formula is C15H15NO3. The van der Waals surface area contributed by atoms with E-state index in [0.29, 0.717) is 11.3 Å². The van der Waals surface area contributed by atoms with Crippen LogP contribution in [0.2, 0.25) is 0 Å². The standard InChI is InChI=1S/C15H15NO3/c1-10-4-3-5-12(8-10)16-15(18)11-6-7-14(19-2)13(17)9-11/h3-9,17H,1-2H3,(H,16,18). The highest BCUT2D eigenvalue weighted by atomic mass is 16.5. The van der Waals surface area contributed by atoms with Crippen molar-refractivity contribution in [3.05, 3.63) is 53.6 Å². The lowest BCUT2D eigenvalue weighted by Crippen LogP contribution is -2.11. The molecule has 0 radical (unpaired) electrons. The van der Waals surface area contributed by atoms with E-state index in [1.165, 1.54) is 13.2 Å². The van der Waals surface area contributed by atoms with Crippen LogP contribution in [-0.2, 0) is 0 Å². The summed E-state index contributed by atoms with van der Waals surface area (Å²) in [5, 5.41) is 12.4. The quantitative estimate of drug-likeness (QED) is 0.888. The molecule has 0 fully saturated rings. The van der Waals surface area contributed by atoms with Crippen molar-refractivity contribution in [1.82, 2.24) is 0 Å². The molecule has 0 saturated carbocycles. The van der Waals surface area contributed by atoms with E-state index in [-0.39, 0.29) is 11.7 Å². The lowest BCUT2D eigenvalue weighted by Gasteiger charge is -2.08. The van der Waals surface area contributed by atoms with E-state index < -0.39 is 0 Å². The normalized spacial score (nSPS) is 10.0. The first-order chi connectivity index (χ1) is 9.10. The molecule has 0 bridgehead atoms. The van der Waals surface area contributed by atoms with Gasteiger partial charge in [-0.15, -0.1) is 0 Å². The molecule has 2 rings (SSSR count). The topological polar surface area (TPSA) is 58.6 Å². The van der Waals surface area contributed by atoms with E-state index in [1.807, 2.05) is 31.2 Å². The Labute approximate surface area is 111 Å². The summed E-state index contributed by atoms with van der Waals surface area (Å²) in [7, 11) is 1.46. The molecule has 0 aliphatic rings. The van der Waals surface area contributed by atoms with Gasteiger partial charge in [-0.2, -0.15) is 0 Å². The summed E-state index contributed by atoms with van der Waals surface area (Å²) in [6, 6.07) is 12.1. The fourth-order valence-electron chi connectivity index (χ4n) is 1.76. The van der Waals surface area contributed by atoms with Crippen molar-refractivity contribution in [2.24, 2.45) is 0 Å². The van der Waals surface area contributed by atoms with E-state index in [4.69, 9.17) is 4.74 Å². The van der Waals surface area contributed by atoms with Crippen LogP contribution in [-0.4, -0.2) is 18.1 Å². The van der Waals surface area contributed by atoms with Gasteiger partial charge >= 0.3 is 0 Å². The molecule has 0 spiro atoms. The van der Waals surface area contributed by atoms with Gasteiger partial charge in [-0.25, -0.2) is 0 Å². The number of carbonyl (C=O) groups excluding carboxylic acids is 1. The van der Waals surface area contributed by atoms with Crippen LogP contribution in [0.1, 0.15) is 15.9 Å². The highest BCUT2D eigenvalue weighted by molar-refractivity contribution is 6.04. The second-order valence-electron chi connectivity index (χ2n) is 4.21. The third-order valence-corrected chi connectivity index (χ3v) is 2.72. The summed E-state index contributed by atoms with van der Waals surface area (Å²) < 4.78 is 4.93. The molecule has 0 saturated heterocycles. The van der Waals surface area contributed by atoms with Crippen LogP contribution in [0.4, 0.5) is 5.69 Å². The summed E-state index contributed by atoms with van der Waals surface area (Å²) in [5.74, 6) is 0.00931. The Balaban J connectivity index is 2.18. The Morgan fingerprint density at radius 2 is 2.00 bits per heavy atom. The van der Waals surface area contributed by atoms with E-state index in [9.17, 15) is 9.90 Å². The van der Waals surface area contributed by atoms with Gasteiger partial charge in [0, 0.05) is 11.3 Å². The summed E-state index contributed by atoms with van der Waals surface area (Å²) in [6.45, 7) is 1.95. The average Bonchev–Trinajstić information content (AvgIpc) is 2.38. The second kappa shape index (κ2) is 5.44. The molecular weight excluding hydrogens is 242 g/mol. The number of rotatable bonds is 3. The predicted molar refractivity (Wildman–Crippen MR) is 73.8 cm³/mol. The largest absolute Gasteiger partial charge is 0.504 e. The summed E-state index contributed by atoms with van der Waals surface area (Å²) in [6.07, 6.45) is 0. The number of ether oxygens (including phenoxy) is 1. The Hall–Kier alpha value is -2.49. The monoisotopic (exact) mass is 257 g/mol. The Morgan fingerprint density at radius 1 is 1.21 bits per heavy atom. The summed E-state index contributed by atoms with van der Waals surface area (Å²) >= 11 is 0. The molecule has 0 aliphatic carbocycles. The van der Waals surface area contributed by atoms with Crippen LogP contribution < -0.4 is 10.1 Å². The van der Waals surface area contributed by atoms with Crippen LogP contribution >= 0.6 is 0 Å². The Kier molecular flexibility index (Phi) is 3.71. The van der Waals surface area contributed by atoms with Gasteiger partial charge in [-0.3, -0.25) is 4.79 Å². The fraction of sp³-hybridized carbons (Fsp3) is 0.133. The zero-order valence-electron chi connectivity index (χ0n) is 10.8. The molecule has 0 aliphatic heterocycles. The third-order valence-electron chi connectivity index (χ3n) is 2.72. The first-order valence-electron chi connectivity index (χ1n) is 5.85. The number of aryl methyl sites for hydroxylation is 1. The van der Waals surface area contributed by atoms with E-state index in [0.717, 1.165) is 11.3 Å². The summed E-state index contributed by atoms with van der Waals surface area (Å²) in [5.41, 5.74) is 2.16. The third kappa shape index (κ3) is 3.04. The highest BCUT2D eigenvalue weighted by Crippen LogP contribution is 2.26. The molecule has 98 valence electrons. The molecule has 0 heterocycles. The number of methoxy groups -OCH3 is 1. The van der Waals surface area contributed by atoms with Crippen molar-refractivity contribution in [2.45, 2.75) is 6.92 Å². The van der Waals surface area contributed by atoms with Gasteiger partial charge in [-0.05, 0) is 42.8 Å². The van der Waals surface area contributed by atoms with Gasteiger partial charge in [-0.1, -0.05) is 12.1 Å². The van der Waals surface area contributed by atoms with Gasteiger partial charge in [0.25, 0.3) is 5.91 Å². The second-order valence-corrected chi connectivity index (χ2v) is 4.21. The number of anilines is 1. The number of phenolic OH excluding ortho intramolecular Hbond substituents is 1. The Morgan fingerprint density at radius 3 is 2.63 bits per heavy atom. The number of hydrogen-bond acceptors (Lipinski definition) is 3. The lowest BCUT2D eigenvalue weighted by atomic mass is 10.1. The molecule has 19 heavy (non-hydrogen) atoms. The molecule has 1 amide bonds. The fourth-order valence-corrected chi connectivity index (χ4v) is 1.76. The molecule has 4 nitrogen and oxygen atoms in total. The first kappa shape index (κ1) is 13.0. The number of aromatic hydroxyl groups is 1. The minimum Gasteiger partial charge on any atom is -0.504 e. The Bertz CT molecular complexity index is 608. The van der Waals surface area contributed by atoms with Gasteiger partial charge < -0.3 is 15.2 Å². The molecule has 2 aromatic carbocycles. The lowest BCUT2D eigenvalue weighted by molar-refractivity contribution is 0.102. The SMILES string of the molecule is COc1ccc(C(=O)Nc2cccc(C)c2)cc1O. The maximum atomic E-state index is 12.0. The average molecular weight is 257 g/mol. The first-order valence-corrected chi connectivity index (χ1v) is 5.85. The molecule has 2 aromatic rings. The smallest absolute Gasteiger partial charge is 0.255 e. The van der Waals surface area contributed by atoms with Crippen molar-refractivity contribution in [1.29, 1.82) is 0 Å². The van der Waals surface area contributed by atoms with Crippen molar-refractivity contribution in [3.63, 3.8) is 0 Å². The van der Waals surface area contributed by atoms with Gasteiger partial charge in [0.1, 0.15) is 0 Å². The van der Waals surface area contributed by atoms with Gasteiger partial charge in [0.15, 0.2) is 11.5 Å². The molecule has 0 aromatic heterocycles. The van der Waals surface area contributed by atoms with E-state index >= 15 is 0 Å². The van der Waals surface area contributed by atoms with Crippen LogP contribution in [0.25, 0.3) is 0 Å².